The van der Waals surface area contributed by atoms with Gasteiger partial charge in [0.25, 0.3) is 5.91 Å². The monoisotopic (exact) mass is 351 g/mol. The minimum Gasteiger partial charge on any atom is -0.493 e. The molecule has 138 valence electrons. The van der Waals surface area contributed by atoms with Crippen molar-refractivity contribution in [2.75, 3.05) is 28.4 Å². The summed E-state index contributed by atoms with van der Waals surface area (Å²) in [4.78, 5) is 25.1. The molecule has 0 atom stereocenters. The second-order valence-corrected chi connectivity index (χ2v) is 6.00. The Morgan fingerprint density at radius 1 is 0.920 bits per heavy atom. The summed E-state index contributed by atoms with van der Waals surface area (Å²) in [7, 11) is 5.80. The van der Waals surface area contributed by atoms with E-state index in [1.165, 1.54) is 28.4 Å². The molecule has 1 aliphatic rings. The third kappa shape index (κ3) is 3.81. The van der Waals surface area contributed by atoms with Crippen LogP contribution in [0.5, 0.6) is 17.2 Å². The minimum absolute atomic E-state index is 0.323. The highest BCUT2D eigenvalue weighted by Gasteiger charge is 2.42. The van der Waals surface area contributed by atoms with Crippen molar-refractivity contribution >= 4 is 11.9 Å². The van der Waals surface area contributed by atoms with Crippen LogP contribution in [-0.4, -0.2) is 45.9 Å². The van der Waals surface area contributed by atoms with E-state index in [0.717, 1.165) is 19.3 Å². The van der Waals surface area contributed by atoms with Crippen molar-refractivity contribution in [1.82, 2.24) is 5.32 Å². The van der Waals surface area contributed by atoms with Gasteiger partial charge in [-0.3, -0.25) is 4.79 Å². The summed E-state index contributed by atoms with van der Waals surface area (Å²) >= 11 is 0. The van der Waals surface area contributed by atoms with E-state index >= 15 is 0 Å². The average molecular weight is 351 g/mol. The molecule has 7 heteroatoms. The fourth-order valence-electron chi connectivity index (χ4n) is 3.23. The van der Waals surface area contributed by atoms with Gasteiger partial charge in [-0.25, -0.2) is 4.79 Å². The molecule has 0 saturated heterocycles. The summed E-state index contributed by atoms with van der Waals surface area (Å²) < 4.78 is 20.7. The normalized spacial score (nSPS) is 15.8. The van der Waals surface area contributed by atoms with Gasteiger partial charge in [-0.1, -0.05) is 19.3 Å². The standard InChI is InChI=1S/C18H25NO6/c1-22-13-10-12(11-14(23-2)15(13)24-3)16(20)19-18(17(21)25-4)8-6-5-7-9-18/h10-11H,5-9H2,1-4H3,(H,19,20). The van der Waals surface area contributed by atoms with E-state index in [1.54, 1.807) is 12.1 Å². The highest BCUT2D eigenvalue weighted by Crippen LogP contribution is 2.38. The summed E-state index contributed by atoms with van der Waals surface area (Å²) in [6, 6.07) is 3.12. The Balaban J connectivity index is 2.34. The maximum atomic E-state index is 12.8. The van der Waals surface area contributed by atoms with E-state index in [-0.39, 0.29) is 5.91 Å². The Bertz CT molecular complexity index is 611. The van der Waals surface area contributed by atoms with Crippen LogP contribution in [0.25, 0.3) is 0 Å². The lowest BCUT2D eigenvalue weighted by Crippen LogP contribution is -2.56. The Labute approximate surface area is 147 Å². The van der Waals surface area contributed by atoms with Crippen molar-refractivity contribution in [3.8, 4) is 17.2 Å². The van der Waals surface area contributed by atoms with E-state index in [0.29, 0.717) is 35.7 Å². The van der Waals surface area contributed by atoms with Gasteiger partial charge in [-0.2, -0.15) is 0 Å². The predicted octanol–water partition coefficient (Wildman–Crippen LogP) is 2.32. The molecule has 1 N–H and O–H groups in total. The summed E-state index contributed by atoms with van der Waals surface area (Å²) in [6.07, 6.45) is 3.90. The molecule has 2 rings (SSSR count). The molecule has 0 heterocycles. The first kappa shape index (κ1) is 18.9. The molecule has 25 heavy (non-hydrogen) atoms. The lowest BCUT2D eigenvalue weighted by atomic mass is 9.81. The van der Waals surface area contributed by atoms with E-state index in [9.17, 15) is 9.59 Å². The number of esters is 1. The van der Waals surface area contributed by atoms with Crippen LogP contribution < -0.4 is 19.5 Å². The van der Waals surface area contributed by atoms with Crippen LogP contribution in [0.2, 0.25) is 0 Å². The highest BCUT2D eigenvalue weighted by atomic mass is 16.5. The maximum absolute atomic E-state index is 12.8. The predicted molar refractivity (Wildman–Crippen MR) is 91.4 cm³/mol. The first-order chi connectivity index (χ1) is 12.0. The van der Waals surface area contributed by atoms with Crippen molar-refractivity contribution in [1.29, 1.82) is 0 Å². The average Bonchev–Trinajstić information content (AvgIpc) is 2.66. The zero-order valence-electron chi connectivity index (χ0n) is 15.1. The second kappa shape index (κ2) is 8.09. The molecule has 0 unspecified atom stereocenters. The molecule has 0 aliphatic heterocycles. The second-order valence-electron chi connectivity index (χ2n) is 6.00. The molecular formula is C18H25NO6. The zero-order chi connectivity index (χ0) is 18.4. The minimum atomic E-state index is -0.982. The quantitative estimate of drug-likeness (QED) is 0.792. The van der Waals surface area contributed by atoms with Crippen molar-refractivity contribution < 1.29 is 28.5 Å². The van der Waals surface area contributed by atoms with E-state index in [2.05, 4.69) is 5.32 Å². The highest BCUT2D eigenvalue weighted by molar-refractivity contribution is 5.99. The van der Waals surface area contributed by atoms with Crippen LogP contribution in [0.1, 0.15) is 42.5 Å². The number of carbonyl (C=O) groups excluding carboxylic acids is 2. The van der Waals surface area contributed by atoms with E-state index < -0.39 is 11.5 Å². The molecule has 0 spiro atoms. The summed E-state index contributed by atoms with van der Waals surface area (Å²) in [5, 5.41) is 2.87. The lowest BCUT2D eigenvalue weighted by molar-refractivity contribution is -0.149. The maximum Gasteiger partial charge on any atom is 0.331 e. The molecule has 0 radical (unpaired) electrons. The van der Waals surface area contributed by atoms with Gasteiger partial charge in [0, 0.05) is 5.56 Å². The Kier molecular flexibility index (Phi) is 6.12. The number of methoxy groups -OCH3 is 4. The van der Waals surface area contributed by atoms with Crippen molar-refractivity contribution in [3.05, 3.63) is 17.7 Å². The summed E-state index contributed by atoms with van der Waals surface area (Å²) in [5.41, 5.74) is -0.659. The number of nitrogens with one attached hydrogen (secondary N) is 1. The van der Waals surface area contributed by atoms with Crippen LogP contribution in [0.4, 0.5) is 0 Å². The lowest BCUT2D eigenvalue weighted by Gasteiger charge is -2.35. The Hall–Kier alpha value is -2.44. The summed E-state index contributed by atoms with van der Waals surface area (Å²) in [6.45, 7) is 0. The molecule has 1 fully saturated rings. The van der Waals surface area contributed by atoms with Gasteiger partial charge in [-0.15, -0.1) is 0 Å². The van der Waals surface area contributed by atoms with Gasteiger partial charge < -0.3 is 24.3 Å². The largest absolute Gasteiger partial charge is 0.493 e. The van der Waals surface area contributed by atoms with Crippen LogP contribution in [0, 0.1) is 0 Å². The first-order valence-corrected chi connectivity index (χ1v) is 8.22. The third-order valence-electron chi connectivity index (χ3n) is 4.56. The molecule has 1 aromatic carbocycles. The van der Waals surface area contributed by atoms with Gasteiger partial charge in [0.1, 0.15) is 5.54 Å². The molecular weight excluding hydrogens is 326 g/mol. The fourth-order valence-corrected chi connectivity index (χ4v) is 3.23. The van der Waals surface area contributed by atoms with Crippen molar-refractivity contribution in [3.63, 3.8) is 0 Å². The SMILES string of the molecule is COC(=O)C1(NC(=O)c2cc(OC)c(OC)c(OC)c2)CCCCC1. The number of hydrogen-bond acceptors (Lipinski definition) is 6. The Morgan fingerprint density at radius 2 is 1.48 bits per heavy atom. The topological polar surface area (TPSA) is 83.1 Å². The third-order valence-corrected chi connectivity index (χ3v) is 4.56. The molecule has 1 aromatic rings. The van der Waals surface area contributed by atoms with E-state index in [4.69, 9.17) is 18.9 Å². The molecule has 0 aromatic heterocycles. The van der Waals surface area contributed by atoms with Gasteiger partial charge in [-0.05, 0) is 25.0 Å². The number of carbonyl (C=O) groups is 2. The Morgan fingerprint density at radius 3 is 1.92 bits per heavy atom. The number of benzene rings is 1. The van der Waals surface area contributed by atoms with Gasteiger partial charge in [0.15, 0.2) is 11.5 Å². The van der Waals surface area contributed by atoms with Crippen LogP contribution in [-0.2, 0) is 9.53 Å². The smallest absolute Gasteiger partial charge is 0.331 e. The molecule has 1 aliphatic carbocycles. The van der Waals surface area contributed by atoms with Gasteiger partial charge >= 0.3 is 5.97 Å². The molecule has 0 bridgehead atoms. The van der Waals surface area contributed by atoms with Gasteiger partial charge in [0.2, 0.25) is 5.75 Å². The number of hydrogen-bond donors (Lipinski definition) is 1. The molecule has 1 saturated carbocycles. The fraction of sp³-hybridized carbons (Fsp3) is 0.556. The van der Waals surface area contributed by atoms with Crippen molar-refractivity contribution in [2.45, 2.75) is 37.6 Å². The number of amides is 1. The van der Waals surface area contributed by atoms with E-state index in [1.807, 2.05) is 0 Å². The van der Waals surface area contributed by atoms with Crippen LogP contribution >= 0.6 is 0 Å². The molecule has 7 nitrogen and oxygen atoms in total. The summed E-state index contributed by atoms with van der Waals surface area (Å²) in [5.74, 6) is 0.368. The number of rotatable bonds is 6. The van der Waals surface area contributed by atoms with Crippen LogP contribution in [0.3, 0.4) is 0 Å². The van der Waals surface area contributed by atoms with Crippen LogP contribution in [0.15, 0.2) is 12.1 Å². The molecule has 1 amide bonds. The zero-order valence-corrected chi connectivity index (χ0v) is 15.1. The number of ether oxygens (including phenoxy) is 4. The van der Waals surface area contributed by atoms with Gasteiger partial charge in [0.05, 0.1) is 28.4 Å². The first-order valence-electron chi connectivity index (χ1n) is 8.22. The van der Waals surface area contributed by atoms with Crippen molar-refractivity contribution in [2.24, 2.45) is 0 Å².